The molecule has 0 spiro atoms. The maximum Gasteiger partial charge on any atom is 0.261 e. The third-order valence-electron chi connectivity index (χ3n) is 3.13. The quantitative estimate of drug-likeness (QED) is 0.816. The molecular formula is C17H20N2O4. The number of ether oxygens (including phenoxy) is 1. The molecular weight excluding hydrogens is 296 g/mol. The first-order valence-electron chi connectivity index (χ1n) is 7.34. The molecule has 23 heavy (non-hydrogen) atoms. The molecule has 1 atom stereocenters. The number of amides is 2. The highest BCUT2D eigenvalue weighted by Gasteiger charge is 2.15. The average molecular weight is 316 g/mol. The molecule has 0 aliphatic heterocycles. The van der Waals surface area contributed by atoms with Gasteiger partial charge in [-0.3, -0.25) is 9.59 Å². The van der Waals surface area contributed by atoms with E-state index in [0.717, 1.165) is 5.56 Å². The van der Waals surface area contributed by atoms with Gasteiger partial charge in [-0.15, -0.1) is 0 Å². The molecule has 0 fully saturated rings. The first-order chi connectivity index (χ1) is 11.0. The normalized spacial score (nSPS) is 11.6. The van der Waals surface area contributed by atoms with E-state index in [9.17, 15) is 9.59 Å². The lowest BCUT2D eigenvalue weighted by molar-refractivity contribution is -0.130. The lowest BCUT2D eigenvalue weighted by Gasteiger charge is -2.15. The van der Waals surface area contributed by atoms with Crippen molar-refractivity contribution in [2.75, 3.05) is 6.54 Å². The Balaban J connectivity index is 1.72. The molecule has 0 saturated heterocycles. The van der Waals surface area contributed by atoms with Crippen LogP contribution < -0.4 is 15.4 Å². The van der Waals surface area contributed by atoms with Crippen molar-refractivity contribution >= 4 is 11.8 Å². The van der Waals surface area contributed by atoms with E-state index in [2.05, 4.69) is 10.6 Å². The topological polar surface area (TPSA) is 80.6 Å². The third-order valence-corrected chi connectivity index (χ3v) is 3.13. The molecule has 2 aromatic rings. The lowest BCUT2D eigenvalue weighted by Crippen LogP contribution is -2.42. The summed E-state index contributed by atoms with van der Waals surface area (Å²) in [6.07, 6.45) is 0.850. The Labute approximate surface area is 134 Å². The number of furan rings is 1. The van der Waals surface area contributed by atoms with Crippen molar-refractivity contribution < 1.29 is 18.7 Å². The number of carbonyl (C=O) groups excluding carboxylic acids is 2. The largest absolute Gasteiger partial charge is 0.481 e. The Kier molecular flexibility index (Phi) is 5.80. The smallest absolute Gasteiger partial charge is 0.261 e. The maximum atomic E-state index is 11.9. The molecule has 1 aromatic carbocycles. The molecule has 1 unspecified atom stereocenters. The summed E-state index contributed by atoms with van der Waals surface area (Å²) in [4.78, 5) is 23.6. The summed E-state index contributed by atoms with van der Waals surface area (Å²) in [5, 5.41) is 5.19. The van der Waals surface area contributed by atoms with E-state index < -0.39 is 6.10 Å². The van der Waals surface area contributed by atoms with Gasteiger partial charge in [-0.05, 0) is 43.7 Å². The number of nitrogens with one attached hydrogen (secondary N) is 2. The highest BCUT2D eigenvalue weighted by atomic mass is 16.5. The fourth-order valence-corrected chi connectivity index (χ4v) is 1.92. The molecule has 6 nitrogen and oxygen atoms in total. The molecule has 1 heterocycles. The second-order valence-corrected chi connectivity index (χ2v) is 5.15. The molecule has 0 radical (unpaired) electrons. The minimum Gasteiger partial charge on any atom is -0.481 e. The average Bonchev–Trinajstić information content (AvgIpc) is 3.04. The van der Waals surface area contributed by atoms with Crippen molar-refractivity contribution in [1.82, 2.24) is 10.6 Å². The van der Waals surface area contributed by atoms with Crippen LogP contribution in [0.3, 0.4) is 0 Å². The summed E-state index contributed by atoms with van der Waals surface area (Å²) in [7, 11) is 0. The molecule has 6 heteroatoms. The summed E-state index contributed by atoms with van der Waals surface area (Å²) in [5.74, 6) is 0.632. The van der Waals surface area contributed by atoms with Crippen molar-refractivity contribution in [3.63, 3.8) is 0 Å². The Hall–Kier alpha value is -2.76. The lowest BCUT2D eigenvalue weighted by atomic mass is 10.2. The van der Waals surface area contributed by atoms with E-state index in [4.69, 9.17) is 9.15 Å². The first kappa shape index (κ1) is 16.6. The van der Waals surface area contributed by atoms with Crippen LogP contribution in [0.25, 0.3) is 0 Å². The Morgan fingerprint density at radius 2 is 2.04 bits per heavy atom. The van der Waals surface area contributed by atoms with Crippen LogP contribution in [-0.2, 0) is 16.1 Å². The summed E-state index contributed by atoms with van der Waals surface area (Å²) in [6.45, 7) is 3.76. The van der Waals surface area contributed by atoms with Gasteiger partial charge in [0.05, 0.1) is 19.4 Å². The third kappa shape index (κ3) is 5.50. The van der Waals surface area contributed by atoms with Gasteiger partial charge in [0, 0.05) is 0 Å². The molecule has 122 valence electrons. The fraction of sp³-hybridized carbons (Fsp3) is 0.294. The zero-order valence-corrected chi connectivity index (χ0v) is 13.2. The molecule has 0 aliphatic rings. The van der Waals surface area contributed by atoms with Gasteiger partial charge >= 0.3 is 0 Å². The first-order valence-corrected chi connectivity index (χ1v) is 7.34. The van der Waals surface area contributed by atoms with E-state index in [1.54, 1.807) is 25.1 Å². The van der Waals surface area contributed by atoms with Gasteiger partial charge in [0.25, 0.3) is 5.91 Å². The van der Waals surface area contributed by atoms with Crippen molar-refractivity contribution in [2.24, 2.45) is 0 Å². The van der Waals surface area contributed by atoms with Crippen molar-refractivity contribution in [1.29, 1.82) is 0 Å². The molecule has 2 rings (SSSR count). The van der Waals surface area contributed by atoms with Gasteiger partial charge in [-0.25, -0.2) is 0 Å². The Morgan fingerprint density at radius 1 is 1.22 bits per heavy atom. The van der Waals surface area contributed by atoms with Gasteiger partial charge in [-0.2, -0.15) is 0 Å². The van der Waals surface area contributed by atoms with Gasteiger partial charge in [0.2, 0.25) is 5.91 Å². The van der Waals surface area contributed by atoms with E-state index in [0.29, 0.717) is 11.5 Å². The van der Waals surface area contributed by atoms with Crippen molar-refractivity contribution in [2.45, 2.75) is 26.5 Å². The predicted octanol–water partition coefficient (Wildman–Crippen LogP) is 1.79. The predicted molar refractivity (Wildman–Crippen MR) is 84.8 cm³/mol. The monoisotopic (exact) mass is 316 g/mol. The summed E-state index contributed by atoms with van der Waals surface area (Å²) in [6, 6.07) is 10.9. The zero-order valence-electron chi connectivity index (χ0n) is 13.2. The molecule has 0 saturated carbocycles. The van der Waals surface area contributed by atoms with Crippen LogP contribution in [0.4, 0.5) is 0 Å². The SMILES string of the molecule is Cc1cccc(OC(C)C(=O)NCC(=O)NCc2ccco2)c1. The summed E-state index contributed by atoms with van der Waals surface area (Å²) >= 11 is 0. The van der Waals surface area contributed by atoms with E-state index in [-0.39, 0.29) is 24.9 Å². The maximum absolute atomic E-state index is 11.9. The van der Waals surface area contributed by atoms with E-state index in [1.165, 1.54) is 6.26 Å². The number of rotatable bonds is 7. The highest BCUT2D eigenvalue weighted by molar-refractivity contribution is 5.86. The van der Waals surface area contributed by atoms with Crippen LogP contribution in [0, 0.1) is 6.92 Å². The van der Waals surface area contributed by atoms with Crippen LogP contribution in [0.2, 0.25) is 0 Å². The summed E-state index contributed by atoms with van der Waals surface area (Å²) < 4.78 is 10.7. The van der Waals surface area contributed by atoms with E-state index in [1.807, 2.05) is 25.1 Å². The second-order valence-electron chi connectivity index (χ2n) is 5.15. The Bertz CT molecular complexity index is 652. The minimum absolute atomic E-state index is 0.110. The molecule has 0 aliphatic carbocycles. The molecule has 2 amide bonds. The second kappa shape index (κ2) is 8.03. The van der Waals surface area contributed by atoms with Crippen LogP contribution in [0.1, 0.15) is 18.2 Å². The summed E-state index contributed by atoms with van der Waals surface area (Å²) in [5.41, 5.74) is 1.05. The Morgan fingerprint density at radius 3 is 2.74 bits per heavy atom. The number of benzene rings is 1. The zero-order chi connectivity index (χ0) is 16.7. The van der Waals surface area contributed by atoms with Crippen LogP contribution in [0.15, 0.2) is 47.1 Å². The number of carbonyl (C=O) groups is 2. The van der Waals surface area contributed by atoms with Crippen molar-refractivity contribution in [3.8, 4) is 5.75 Å². The van der Waals surface area contributed by atoms with Crippen molar-refractivity contribution in [3.05, 3.63) is 54.0 Å². The number of hydrogen-bond donors (Lipinski definition) is 2. The van der Waals surface area contributed by atoms with Crippen LogP contribution >= 0.6 is 0 Å². The molecule has 1 aromatic heterocycles. The van der Waals surface area contributed by atoms with Crippen LogP contribution in [0.5, 0.6) is 5.75 Å². The van der Waals surface area contributed by atoms with Gasteiger partial charge in [0.1, 0.15) is 11.5 Å². The van der Waals surface area contributed by atoms with Gasteiger partial charge < -0.3 is 19.8 Å². The molecule has 2 N–H and O–H groups in total. The minimum atomic E-state index is -0.685. The van der Waals surface area contributed by atoms with Crippen LogP contribution in [-0.4, -0.2) is 24.5 Å². The number of hydrogen-bond acceptors (Lipinski definition) is 4. The van der Waals surface area contributed by atoms with Gasteiger partial charge in [0.15, 0.2) is 6.10 Å². The standard InChI is InChI=1S/C17H20N2O4/c1-12-5-3-6-14(9-12)23-13(2)17(21)19-11-16(20)18-10-15-7-4-8-22-15/h3-9,13H,10-11H2,1-2H3,(H,18,20)(H,19,21). The molecule has 0 bridgehead atoms. The fourth-order valence-electron chi connectivity index (χ4n) is 1.92. The highest BCUT2D eigenvalue weighted by Crippen LogP contribution is 2.14. The number of aryl methyl sites for hydroxylation is 1. The van der Waals surface area contributed by atoms with Gasteiger partial charge in [-0.1, -0.05) is 12.1 Å². The van der Waals surface area contributed by atoms with E-state index >= 15 is 0 Å².